The zero-order chi connectivity index (χ0) is 50.7. The Morgan fingerprint density at radius 2 is 1.31 bits per heavy atom. The molecule has 0 unspecified atom stereocenters. The molecule has 376 valence electrons. The minimum Gasteiger partial charge on any atom is -0.480 e. The molecule has 9 atom stereocenters. The average Bonchev–Trinajstić information content (AvgIpc) is 3.97. The first-order chi connectivity index (χ1) is 32.1. The van der Waals surface area contributed by atoms with Gasteiger partial charge in [-0.05, 0) is 63.1 Å². The summed E-state index contributed by atoms with van der Waals surface area (Å²) < 4.78 is 0. The number of carboxylic acids is 1. The van der Waals surface area contributed by atoms with E-state index >= 15 is 0 Å². The lowest BCUT2D eigenvalue weighted by atomic mass is 10.0. The number of carboxylic acid groups (broad SMARTS) is 1. The van der Waals surface area contributed by atoms with Crippen molar-refractivity contribution in [3.8, 4) is 0 Å². The van der Waals surface area contributed by atoms with Gasteiger partial charge in [0.25, 0.3) is 0 Å². The molecule has 0 radical (unpaired) electrons. The molecule has 26 nitrogen and oxygen atoms in total. The lowest BCUT2D eigenvalue weighted by Gasteiger charge is -2.28. The van der Waals surface area contributed by atoms with E-state index in [1.165, 1.54) is 0 Å². The number of aliphatic imine (C=N–C) groups is 1. The molecule has 1 fully saturated rings. The standard InChI is InChI=1S/C42H65N13O13/c1-20(2)14-27(36(62)49-26(11-7-13-47-42(44)45)35(61)54-31(19-57)41(67)68)50-39(65)30(18-56)53-40(66)33(21(3)58)55-38(64)28(15-22-17-48-24-9-5-4-8-23(22)24)51-37(63)29(16-32(43)59)52-34(60)25-10-6-12-46-25/h4-5,8-9,17,20-21,25-31,33,46,48,56-58H,6-7,10-16,18-19H2,1-3H3,(H2,43,59)(H,49,62)(H,50,65)(H,51,63)(H,52,60)(H,53,66)(H,54,61)(H,55,64)(H,67,68)(H4,44,45,47)/t21-,25+,26+,27+,28+,29+,30+,31+,33+/m1/s1. The first kappa shape index (κ1) is 55.4. The molecule has 8 amide bonds. The molecule has 1 aliphatic heterocycles. The molecule has 19 N–H and O–H groups in total. The summed E-state index contributed by atoms with van der Waals surface area (Å²) in [5.74, 6) is -9.71. The van der Waals surface area contributed by atoms with Crippen LogP contribution in [0, 0.1) is 5.92 Å². The molecule has 0 spiro atoms. The van der Waals surface area contributed by atoms with Gasteiger partial charge in [-0.15, -0.1) is 0 Å². The van der Waals surface area contributed by atoms with Gasteiger partial charge in [0.1, 0.15) is 42.3 Å². The molecule has 1 aromatic carbocycles. The SMILES string of the molecule is CC(C)C[C@H](NC(=O)[C@H](CO)NC(=O)[C@@H](NC(=O)[C@H](Cc1c[nH]c2ccccc12)NC(=O)[C@H](CC(N)=O)NC(=O)[C@@H]1CCCN1)[C@@H](C)O)C(=O)N[C@@H](CCCN=C(N)N)C(=O)N[C@@H](CO)C(=O)O. The van der Waals surface area contributed by atoms with E-state index in [0.717, 1.165) is 6.92 Å². The van der Waals surface area contributed by atoms with E-state index < -0.39 is 127 Å². The smallest absolute Gasteiger partial charge is 0.328 e. The summed E-state index contributed by atoms with van der Waals surface area (Å²) in [6.07, 6.45) is 0.242. The quantitative estimate of drug-likeness (QED) is 0.0215. The zero-order valence-corrected chi connectivity index (χ0v) is 38.1. The average molecular weight is 960 g/mol. The molecular weight excluding hydrogens is 895 g/mol. The fraction of sp³-hybridized carbons (Fsp3) is 0.571. The number of carbonyl (C=O) groups excluding carboxylic acids is 8. The number of hydrogen-bond acceptors (Lipinski definition) is 14. The van der Waals surface area contributed by atoms with Gasteiger partial charge < -0.3 is 85.1 Å². The Kier molecular flexibility index (Phi) is 22.0. The number of aromatic nitrogens is 1. The molecule has 2 heterocycles. The van der Waals surface area contributed by atoms with Crippen molar-refractivity contribution in [2.45, 2.75) is 120 Å². The second kappa shape index (κ2) is 27.0. The van der Waals surface area contributed by atoms with Crippen LogP contribution in [-0.2, 0) is 49.6 Å². The molecule has 68 heavy (non-hydrogen) atoms. The molecule has 0 aliphatic carbocycles. The van der Waals surface area contributed by atoms with Gasteiger partial charge in [0.2, 0.25) is 47.3 Å². The topological polar surface area (TPSA) is 437 Å². The molecule has 1 aliphatic rings. The predicted octanol–water partition coefficient (Wildman–Crippen LogP) is -5.72. The zero-order valence-electron chi connectivity index (χ0n) is 38.1. The van der Waals surface area contributed by atoms with Crippen molar-refractivity contribution < 1.29 is 63.6 Å². The Balaban J connectivity index is 1.84. The number of para-hydroxylation sites is 1. The number of nitrogens with two attached hydrogens (primary N) is 3. The number of primary amides is 1. The van der Waals surface area contributed by atoms with Gasteiger partial charge in [-0.1, -0.05) is 32.0 Å². The van der Waals surface area contributed by atoms with Gasteiger partial charge in [0.15, 0.2) is 5.96 Å². The highest BCUT2D eigenvalue weighted by Crippen LogP contribution is 2.20. The maximum absolute atomic E-state index is 14.1. The van der Waals surface area contributed by atoms with Crippen molar-refractivity contribution in [3.05, 3.63) is 36.0 Å². The Labute approximate surface area is 391 Å². The van der Waals surface area contributed by atoms with E-state index in [2.05, 4.69) is 52.5 Å². The number of aliphatic carboxylic acids is 1. The van der Waals surface area contributed by atoms with Crippen LogP contribution in [-0.4, -0.2) is 165 Å². The molecule has 2 aromatic rings. The number of fused-ring (bicyclic) bond motifs is 1. The van der Waals surface area contributed by atoms with Crippen LogP contribution in [0.4, 0.5) is 0 Å². The summed E-state index contributed by atoms with van der Waals surface area (Å²) in [5.41, 5.74) is 17.4. The predicted molar refractivity (Wildman–Crippen MR) is 243 cm³/mol. The third-order valence-electron chi connectivity index (χ3n) is 10.7. The summed E-state index contributed by atoms with van der Waals surface area (Å²) in [6, 6.07) is -4.76. The van der Waals surface area contributed by atoms with Gasteiger partial charge in [0, 0.05) is 30.1 Å². The minimum atomic E-state index is -1.83. The van der Waals surface area contributed by atoms with Crippen LogP contribution in [0.3, 0.4) is 0 Å². The number of guanidine groups is 1. The van der Waals surface area contributed by atoms with E-state index in [1.54, 1.807) is 44.3 Å². The highest BCUT2D eigenvalue weighted by atomic mass is 16.4. The van der Waals surface area contributed by atoms with Crippen molar-refractivity contribution >= 4 is 70.1 Å². The first-order valence-electron chi connectivity index (χ1n) is 22.0. The molecule has 0 bridgehead atoms. The van der Waals surface area contributed by atoms with Gasteiger partial charge >= 0.3 is 5.97 Å². The first-order valence-corrected chi connectivity index (χ1v) is 22.0. The minimum absolute atomic E-state index is 0.0250. The molecule has 26 heteroatoms. The number of nitrogens with zero attached hydrogens (tertiary/aromatic N) is 1. The van der Waals surface area contributed by atoms with Crippen LogP contribution in [0.25, 0.3) is 10.9 Å². The normalized spacial score (nSPS) is 16.9. The van der Waals surface area contributed by atoms with Crippen LogP contribution in [0.2, 0.25) is 0 Å². The van der Waals surface area contributed by atoms with E-state index in [9.17, 15) is 63.6 Å². The summed E-state index contributed by atoms with van der Waals surface area (Å²) in [7, 11) is 0. The summed E-state index contributed by atoms with van der Waals surface area (Å²) in [6.45, 7) is 3.14. The third kappa shape index (κ3) is 17.4. The fourth-order valence-electron chi connectivity index (χ4n) is 7.19. The Bertz CT molecular complexity index is 2120. The highest BCUT2D eigenvalue weighted by molar-refractivity contribution is 5.99. The maximum atomic E-state index is 14.1. The van der Waals surface area contributed by atoms with Crippen LogP contribution in [0.5, 0.6) is 0 Å². The Morgan fingerprint density at radius 3 is 1.90 bits per heavy atom. The van der Waals surface area contributed by atoms with Crippen molar-refractivity contribution in [1.82, 2.24) is 47.5 Å². The van der Waals surface area contributed by atoms with Crippen molar-refractivity contribution in [2.24, 2.45) is 28.1 Å². The summed E-state index contributed by atoms with van der Waals surface area (Å²) in [5, 5.41) is 60.2. The third-order valence-corrected chi connectivity index (χ3v) is 10.7. The number of nitrogens with one attached hydrogen (secondary N) is 9. The Morgan fingerprint density at radius 1 is 0.735 bits per heavy atom. The number of carbonyl (C=O) groups is 9. The van der Waals surface area contributed by atoms with Gasteiger partial charge in [-0.2, -0.15) is 0 Å². The van der Waals surface area contributed by atoms with Crippen LogP contribution in [0.1, 0.15) is 64.9 Å². The molecule has 0 saturated carbocycles. The van der Waals surface area contributed by atoms with Crippen molar-refractivity contribution in [1.29, 1.82) is 0 Å². The number of rotatable bonds is 28. The fourth-order valence-corrected chi connectivity index (χ4v) is 7.19. The second-order valence-corrected chi connectivity index (χ2v) is 16.8. The lowest BCUT2D eigenvalue weighted by Crippen LogP contribution is -2.62. The number of aliphatic hydroxyl groups is 3. The van der Waals surface area contributed by atoms with Gasteiger partial charge in [-0.3, -0.25) is 43.3 Å². The monoisotopic (exact) mass is 959 g/mol. The van der Waals surface area contributed by atoms with E-state index in [-0.39, 0.29) is 44.1 Å². The van der Waals surface area contributed by atoms with Gasteiger partial charge in [-0.25, -0.2) is 4.79 Å². The highest BCUT2D eigenvalue weighted by Gasteiger charge is 2.36. The van der Waals surface area contributed by atoms with E-state index in [1.807, 2.05) is 0 Å². The number of aliphatic hydroxyl groups excluding tert-OH is 3. The van der Waals surface area contributed by atoms with Gasteiger partial charge in [0.05, 0.1) is 31.8 Å². The molecule has 1 aromatic heterocycles. The summed E-state index contributed by atoms with van der Waals surface area (Å²) in [4.78, 5) is 126. The molecular formula is C42H65N13O13. The van der Waals surface area contributed by atoms with Crippen molar-refractivity contribution in [3.63, 3.8) is 0 Å². The van der Waals surface area contributed by atoms with E-state index in [4.69, 9.17) is 17.2 Å². The van der Waals surface area contributed by atoms with Crippen molar-refractivity contribution in [2.75, 3.05) is 26.3 Å². The number of H-pyrrole nitrogens is 1. The number of aromatic amines is 1. The van der Waals surface area contributed by atoms with Crippen LogP contribution in [0.15, 0.2) is 35.5 Å². The lowest BCUT2D eigenvalue weighted by molar-refractivity contribution is -0.143. The molecule has 3 rings (SSSR count). The molecule has 1 saturated heterocycles. The number of hydrogen-bond donors (Lipinski definition) is 16. The van der Waals surface area contributed by atoms with E-state index in [0.29, 0.717) is 35.9 Å². The van der Waals surface area contributed by atoms with Crippen LogP contribution < -0.4 is 59.7 Å². The number of amides is 8. The summed E-state index contributed by atoms with van der Waals surface area (Å²) >= 11 is 0. The van der Waals surface area contributed by atoms with Crippen LogP contribution >= 0.6 is 0 Å². The Hall–Kier alpha value is -6.90. The number of benzene rings is 1. The largest absolute Gasteiger partial charge is 0.480 e. The second-order valence-electron chi connectivity index (χ2n) is 16.8. The maximum Gasteiger partial charge on any atom is 0.328 e.